The van der Waals surface area contributed by atoms with Gasteiger partial charge in [-0.15, -0.1) is 11.6 Å². The molecule has 1 N–H and O–H groups in total. The Morgan fingerprint density at radius 3 is 2.50 bits per heavy atom. The molecule has 18 heavy (non-hydrogen) atoms. The number of hydrogen-bond donors (Lipinski definition) is 1. The van der Waals surface area contributed by atoms with E-state index in [0.29, 0.717) is 12.8 Å². The maximum absolute atomic E-state index is 10.7. The fourth-order valence-electron chi connectivity index (χ4n) is 1.84. The van der Waals surface area contributed by atoms with Crippen molar-refractivity contribution in [2.75, 3.05) is 0 Å². The molecule has 4 nitrogen and oxygen atoms in total. The van der Waals surface area contributed by atoms with Crippen LogP contribution in [0.4, 0.5) is 0 Å². The van der Waals surface area contributed by atoms with E-state index in [1.54, 1.807) is 0 Å². The van der Waals surface area contributed by atoms with Gasteiger partial charge in [0.2, 0.25) is 0 Å². The quantitative estimate of drug-likeness (QED) is 0.844. The molecule has 1 aliphatic carbocycles. The summed E-state index contributed by atoms with van der Waals surface area (Å²) in [7, 11) is 0. The first kappa shape index (κ1) is 14.4. The van der Waals surface area contributed by atoms with E-state index in [1.165, 1.54) is 17.3 Å². The highest BCUT2D eigenvalue weighted by Gasteiger charge is 2.58. The molecule has 1 aliphatic rings. The van der Waals surface area contributed by atoms with Crippen LogP contribution in [-0.4, -0.2) is 30.3 Å². The minimum absolute atomic E-state index is 0.0606. The van der Waals surface area contributed by atoms with E-state index >= 15 is 0 Å². The van der Waals surface area contributed by atoms with Gasteiger partial charge >= 0.3 is 0 Å². The molecule has 2 rings (SSSR count). The lowest BCUT2D eigenvalue weighted by Crippen LogP contribution is -2.45. The van der Waals surface area contributed by atoms with Gasteiger partial charge in [0.05, 0.1) is 16.5 Å². The summed E-state index contributed by atoms with van der Waals surface area (Å²) in [5, 5.41) is 14.9. The van der Waals surface area contributed by atoms with Crippen molar-refractivity contribution in [1.82, 2.24) is 14.8 Å². The van der Waals surface area contributed by atoms with Crippen molar-refractivity contribution in [3.05, 3.63) is 22.2 Å². The van der Waals surface area contributed by atoms with Crippen LogP contribution in [-0.2, 0) is 6.54 Å². The van der Waals surface area contributed by atoms with E-state index in [9.17, 15) is 5.11 Å². The number of hydrogen-bond acceptors (Lipinski definition) is 3. The van der Waals surface area contributed by atoms with Crippen molar-refractivity contribution in [3.8, 4) is 0 Å². The lowest BCUT2D eigenvalue weighted by molar-refractivity contribution is 0.00921. The minimum atomic E-state index is -1.26. The van der Waals surface area contributed by atoms with Gasteiger partial charge in [-0.2, -0.15) is 5.10 Å². The van der Waals surface area contributed by atoms with Crippen LogP contribution in [0, 0.1) is 0 Å². The molecule has 0 radical (unpaired) electrons. The SMILES string of the molecule is OC(CC(Cl)=C(Cl)Cl)(Cn1cncn1)C1(Cl)CC1. The summed E-state index contributed by atoms with van der Waals surface area (Å²) in [5.74, 6) is 0. The summed E-state index contributed by atoms with van der Waals surface area (Å²) < 4.78 is 1.45. The zero-order chi connectivity index (χ0) is 13.4. The molecule has 1 saturated carbocycles. The first-order valence-corrected chi connectivity index (χ1v) is 6.81. The van der Waals surface area contributed by atoms with E-state index in [-0.39, 0.29) is 22.5 Å². The Bertz CT molecular complexity index is 454. The lowest BCUT2D eigenvalue weighted by atomic mass is 9.93. The molecule has 0 saturated heterocycles. The third-order valence-electron chi connectivity index (χ3n) is 3.07. The Kier molecular flexibility index (Phi) is 4.14. The van der Waals surface area contributed by atoms with Crippen molar-refractivity contribution >= 4 is 46.4 Å². The first-order valence-electron chi connectivity index (χ1n) is 5.30. The average Bonchev–Trinajstić information content (AvgIpc) is 2.86. The number of aliphatic hydroxyl groups is 1. The van der Waals surface area contributed by atoms with Crippen molar-refractivity contribution in [1.29, 1.82) is 0 Å². The fourth-order valence-corrected chi connectivity index (χ4v) is 2.41. The lowest BCUT2D eigenvalue weighted by Gasteiger charge is -2.32. The summed E-state index contributed by atoms with van der Waals surface area (Å²) in [4.78, 5) is 3.12. The van der Waals surface area contributed by atoms with Gasteiger partial charge in [-0.25, -0.2) is 9.67 Å². The second-order valence-corrected chi connectivity index (χ2v) is 6.56. The summed E-state index contributed by atoms with van der Waals surface area (Å²) >= 11 is 23.5. The largest absolute Gasteiger partial charge is 0.386 e. The predicted octanol–water partition coefficient (Wildman–Crippen LogP) is 3.06. The highest BCUT2D eigenvalue weighted by Crippen LogP contribution is 2.54. The topological polar surface area (TPSA) is 50.9 Å². The Labute approximate surface area is 124 Å². The number of aromatic nitrogens is 3. The molecular formula is C10H11Cl4N3O. The van der Waals surface area contributed by atoms with Crippen molar-refractivity contribution in [3.63, 3.8) is 0 Å². The molecule has 0 amide bonds. The number of alkyl halides is 1. The number of halogens is 4. The van der Waals surface area contributed by atoms with Crippen LogP contribution in [0.3, 0.4) is 0 Å². The Balaban J connectivity index is 2.21. The summed E-state index contributed by atoms with van der Waals surface area (Å²) in [6, 6.07) is 0. The first-order chi connectivity index (χ1) is 8.36. The average molecular weight is 331 g/mol. The molecule has 100 valence electrons. The van der Waals surface area contributed by atoms with E-state index in [2.05, 4.69) is 10.1 Å². The smallest absolute Gasteiger partial charge is 0.137 e. The zero-order valence-corrected chi connectivity index (χ0v) is 12.3. The summed E-state index contributed by atoms with van der Waals surface area (Å²) in [6.45, 7) is 0.188. The summed E-state index contributed by atoms with van der Waals surface area (Å²) in [5.41, 5.74) is -1.26. The fraction of sp³-hybridized carbons (Fsp3) is 0.600. The second kappa shape index (κ2) is 5.17. The highest BCUT2D eigenvalue weighted by atomic mass is 35.5. The molecule has 0 aliphatic heterocycles. The molecule has 1 heterocycles. The molecule has 8 heteroatoms. The summed E-state index contributed by atoms with van der Waals surface area (Å²) in [6.07, 6.45) is 4.40. The Hall–Kier alpha value is -0.000000000000000222. The monoisotopic (exact) mass is 329 g/mol. The van der Waals surface area contributed by atoms with Crippen LogP contribution in [0.2, 0.25) is 0 Å². The molecule has 0 aromatic carbocycles. The van der Waals surface area contributed by atoms with Crippen LogP contribution >= 0.6 is 46.4 Å². The number of nitrogens with zero attached hydrogens (tertiary/aromatic N) is 3. The standard InChI is InChI=1S/C10H11Cl4N3O/c11-7(8(12)13)3-10(18,9(14)1-2-9)4-17-6-15-5-16-17/h5-6,18H,1-4H2. The second-order valence-electron chi connectivity index (χ2n) is 4.43. The maximum atomic E-state index is 10.7. The van der Waals surface area contributed by atoms with E-state index < -0.39 is 10.5 Å². The van der Waals surface area contributed by atoms with Crippen LogP contribution in [0.25, 0.3) is 0 Å². The molecule has 1 atom stereocenters. The highest BCUT2D eigenvalue weighted by molar-refractivity contribution is 6.59. The van der Waals surface area contributed by atoms with Crippen LogP contribution in [0.5, 0.6) is 0 Å². The number of rotatable bonds is 5. The van der Waals surface area contributed by atoms with Gasteiger partial charge in [0, 0.05) is 6.42 Å². The Morgan fingerprint density at radius 1 is 1.39 bits per heavy atom. The van der Waals surface area contributed by atoms with Gasteiger partial charge in [0.1, 0.15) is 22.7 Å². The van der Waals surface area contributed by atoms with Gasteiger partial charge in [-0.3, -0.25) is 0 Å². The van der Waals surface area contributed by atoms with Crippen LogP contribution < -0.4 is 0 Å². The molecule has 0 spiro atoms. The van der Waals surface area contributed by atoms with Crippen molar-refractivity contribution in [2.45, 2.75) is 36.3 Å². The molecule has 1 aromatic rings. The third kappa shape index (κ3) is 2.94. The van der Waals surface area contributed by atoms with Crippen LogP contribution in [0.1, 0.15) is 19.3 Å². The molecule has 1 aromatic heterocycles. The zero-order valence-electron chi connectivity index (χ0n) is 9.28. The normalized spacial score (nSPS) is 20.3. The van der Waals surface area contributed by atoms with Crippen molar-refractivity contribution in [2.24, 2.45) is 0 Å². The third-order valence-corrected chi connectivity index (χ3v) is 4.77. The van der Waals surface area contributed by atoms with Gasteiger partial charge in [-0.1, -0.05) is 34.8 Å². The van der Waals surface area contributed by atoms with Gasteiger partial charge in [0.15, 0.2) is 0 Å². The van der Waals surface area contributed by atoms with E-state index in [0.717, 1.165) is 0 Å². The predicted molar refractivity (Wildman–Crippen MR) is 72.0 cm³/mol. The van der Waals surface area contributed by atoms with Gasteiger partial charge in [0.25, 0.3) is 0 Å². The van der Waals surface area contributed by atoms with Crippen LogP contribution in [0.15, 0.2) is 22.2 Å². The van der Waals surface area contributed by atoms with Gasteiger partial charge in [-0.05, 0) is 12.8 Å². The van der Waals surface area contributed by atoms with Gasteiger partial charge < -0.3 is 5.11 Å². The Morgan fingerprint density at radius 2 is 2.06 bits per heavy atom. The molecule has 1 unspecified atom stereocenters. The van der Waals surface area contributed by atoms with E-state index in [1.807, 2.05) is 0 Å². The molecular weight excluding hydrogens is 320 g/mol. The minimum Gasteiger partial charge on any atom is -0.386 e. The molecule has 0 bridgehead atoms. The van der Waals surface area contributed by atoms with Crippen molar-refractivity contribution < 1.29 is 5.11 Å². The maximum Gasteiger partial charge on any atom is 0.137 e. The van der Waals surface area contributed by atoms with E-state index in [4.69, 9.17) is 46.4 Å². The molecule has 1 fully saturated rings.